The number of rotatable bonds is 6. The maximum absolute atomic E-state index is 14.1. The number of nitrogens with one attached hydrogen (secondary N) is 2. The Labute approximate surface area is 259 Å². The molecule has 0 saturated heterocycles. The fourth-order valence-electron chi connectivity index (χ4n) is 7.11. The normalized spacial score (nSPS) is 27.3. The molecule has 240 valence electrons. The lowest BCUT2D eigenvalue weighted by Gasteiger charge is -2.53. The number of phenolic OH excluding ortho intramolecular Hbond substituents is 1. The van der Waals surface area contributed by atoms with Crippen molar-refractivity contribution in [3.05, 3.63) is 47.0 Å². The number of benzene rings is 2. The summed E-state index contributed by atoms with van der Waals surface area (Å²) in [6.07, 6.45) is -1.45. The van der Waals surface area contributed by atoms with E-state index in [1.807, 2.05) is 0 Å². The van der Waals surface area contributed by atoms with Crippen molar-refractivity contribution in [3.8, 4) is 11.5 Å². The van der Waals surface area contributed by atoms with Crippen LogP contribution in [-0.4, -0.2) is 102 Å². The van der Waals surface area contributed by atoms with Gasteiger partial charge in [0.1, 0.15) is 17.4 Å². The first-order valence-electron chi connectivity index (χ1n) is 14.3. The van der Waals surface area contributed by atoms with Crippen molar-refractivity contribution in [1.29, 1.82) is 0 Å². The van der Waals surface area contributed by atoms with Crippen LogP contribution in [0.3, 0.4) is 0 Å². The van der Waals surface area contributed by atoms with Crippen molar-refractivity contribution < 1.29 is 44.3 Å². The SMILES string of the molecule is COc1ccc(NC(=O)Nc2cc(N(C)C)c3c(c2O)C(O)=C2C(=O)[C@@]4(O)C(=O)C(C(N)=O)C(O)C(N(C)C)[C@H]4C[C@H]2C3)cc1. The monoisotopic (exact) mass is 623 g/mol. The van der Waals surface area contributed by atoms with E-state index in [-0.39, 0.29) is 29.7 Å². The molecule has 14 heteroatoms. The number of hydrogen-bond donors (Lipinski definition) is 7. The number of carbonyl (C=O) groups is 4. The van der Waals surface area contributed by atoms with Crippen molar-refractivity contribution >= 4 is 46.3 Å². The second kappa shape index (κ2) is 11.4. The van der Waals surface area contributed by atoms with E-state index in [0.717, 1.165) is 0 Å². The summed E-state index contributed by atoms with van der Waals surface area (Å²) in [6, 6.07) is 6.39. The minimum absolute atomic E-state index is 0.00387. The third-order valence-corrected chi connectivity index (χ3v) is 9.14. The summed E-state index contributed by atoms with van der Waals surface area (Å²) in [5.74, 6) is -7.83. The van der Waals surface area contributed by atoms with Crippen LogP contribution in [-0.2, 0) is 20.8 Å². The number of carbonyl (C=O) groups excluding carboxylic acids is 4. The predicted molar refractivity (Wildman–Crippen MR) is 164 cm³/mol. The Balaban J connectivity index is 1.59. The summed E-state index contributed by atoms with van der Waals surface area (Å²) in [5, 5.41) is 51.0. The van der Waals surface area contributed by atoms with Gasteiger partial charge in [0.25, 0.3) is 0 Å². The van der Waals surface area contributed by atoms with Crippen LogP contribution in [0, 0.1) is 17.8 Å². The third kappa shape index (κ3) is 4.94. The largest absolute Gasteiger partial charge is 0.507 e. The van der Waals surface area contributed by atoms with Crippen LogP contribution in [0.15, 0.2) is 35.9 Å². The molecule has 6 atom stereocenters. The Bertz CT molecular complexity index is 1620. The zero-order chi connectivity index (χ0) is 33.1. The van der Waals surface area contributed by atoms with E-state index in [0.29, 0.717) is 22.7 Å². The Kier molecular flexibility index (Phi) is 8.02. The maximum atomic E-state index is 14.1. The van der Waals surface area contributed by atoms with Crippen LogP contribution in [0.5, 0.6) is 11.5 Å². The molecule has 0 aromatic heterocycles. The lowest BCUT2D eigenvalue weighted by atomic mass is 9.54. The Morgan fingerprint density at radius 3 is 2.27 bits per heavy atom. The quantitative estimate of drug-likeness (QED) is 0.177. The molecule has 2 aromatic carbocycles. The van der Waals surface area contributed by atoms with E-state index in [1.54, 1.807) is 57.4 Å². The lowest BCUT2D eigenvalue weighted by molar-refractivity contribution is -0.184. The molecule has 0 bridgehead atoms. The fourth-order valence-corrected chi connectivity index (χ4v) is 7.11. The first kappa shape index (κ1) is 31.8. The number of ketones is 2. The second-order valence-corrected chi connectivity index (χ2v) is 12.1. The highest BCUT2D eigenvalue weighted by Gasteiger charge is 2.67. The molecule has 2 saturated carbocycles. The smallest absolute Gasteiger partial charge is 0.323 e. The van der Waals surface area contributed by atoms with Crippen LogP contribution in [0.25, 0.3) is 5.76 Å². The summed E-state index contributed by atoms with van der Waals surface area (Å²) in [4.78, 5) is 56.0. The van der Waals surface area contributed by atoms with Crippen LogP contribution in [0.1, 0.15) is 17.5 Å². The number of aliphatic hydroxyl groups excluding tert-OH is 2. The minimum atomic E-state index is -2.76. The van der Waals surface area contributed by atoms with Crippen LogP contribution in [0.2, 0.25) is 0 Å². The number of aromatic hydroxyl groups is 1. The molecular formula is C31H37N5O9. The molecule has 3 amide bonds. The van der Waals surface area contributed by atoms with Gasteiger partial charge in [-0.05, 0) is 68.8 Å². The molecule has 5 rings (SSSR count). The Morgan fingerprint density at radius 2 is 1.71 bits per heavy atom. The third-order valence-electron chi connectivity index (χ3n) is 9.14. The summed E-state index contributed by atoms with van der Waals surface area (Å²) in [6.45, 7) is 0. The summed E-state index contributed by atoms with van der Waals surface area (Å²) in [5.41, 5.74) is 3.61. The number of nitrogens with zero attached hydrogens (tertiary/aromatic N) is 2. The Hall–Kier alpha value is -4.66. The highest BCUT2D eigenvalue weighted by atomic mass is 16.5. The molecular weight excluding hydrogens is 586 g/mol. The number of hydrogen-bond acceptors (Lipinski definition) is 11. The molecule has 0 aliphatic heterocycles. The average molecular weight is 624 g/mol. The molecule has 2 aromatic rings. The first-order chi connectivity index (χ1) is 21.1. The van der Waals surface area contributed by atoms with E-state index in [4.69, 9.17) is 10.5 Å². The highest BCUT2D eigenvalue weighted by molar-refractivity contribution is 6.25. The number of urea groups is 1. The van der Waals surface area contributed by atoms with Gasteiger partial charge in [-0.3, -0.25) is 14.4 Å². The number of aliphatic hydroxyl groups is 3. The fraction of sp³-hybridized carbons (Fsp3) is 0.419. The first-order valence-corrected chi connectivity index (χ1v) is 14.3. The van der Waals surface area contributed by atoms with Crippen molar-refractivity contribution in [2.24, 2.45) is 23.5 Å². The van der Waals surface area contributed by atoms with Gasteiger partial charge in [0.05, 0.1) is 24.5 Å². The van der Waals surface area contributed by atoms with E-state index in [9.17, 15) is 39.6 Å². The van der Waals surface area contributed by atoms with Gasteiger partial charge < -0.3 is 51.3 Å². The molecule has 3 aliphatic carbocycles. The molecule has 2 fully saturated rings. The number of likely N-dealkylation sites (N-methyl/N-ethyl adjacent to an activating group) is 1. The predicted octanol–water partition coefficient (Wildman–Crippen LogP) is 0.848. The van der Waals surface area contributed by atoms with Crippen molar-refractivity contribution in [2.75, 3.05) is 50.8 Å². The summed E-state index contributed by atoms with van der Waals surface area (Å²) >= 11 is 0. The molecule has 45 heavy (non-hydrogen) atoms. The van der Waals surface area contributed by atoms with Gasteiger partial charge in [-0.15, -0.1) is 0 Å². The van der Waals surface area contributed by atoms with Gasteiger partial charge in [-0.1, -0.05) is 0 Å². The number of Topliss-reactive ketones (excluding diaryl/α,β-unsaturated/α-hetero) is 2. The van der Waals surface area contributed by atoms with Crippen LogP contribution >= 0.6 is 0 Å². The number of fused-ring (bicyclic) bond motifs is 3. The molecule has 14 nitrogen and oxygen atoms in total. The highest BCUT2D eigenvalue weighted by Crippen LogP contribution is 2.54. The molecule has 0 heterocycles. The lowest BCUT2D eigenvalue weighted by Crippen LogP contribution is -2.73. The number of primary amides is 1. The van der Waals surface area contributed by atoms with Crippen molar-refractivity contribution in [2.45, 2.75) is 30.6 Å². The van der Waals surface area contributed by atoms with E-state index in [2.05, 4.69) is 10.6 Å². The summed E-state index contributed by atoms with van der Waals surface area (Å²) < 4.78 is 5.12. The topological polar surface area (TPSA) is 215 Å². The number of amides is 3. The average Bonchev–Trinajstić information content (AvgIpc) is 2.96. The number of phenols is 1. The minimum Gasteiger partial charge on any atom is -0.507 e. The Morgan fingerprint density at radius 1 is 1.07 bits per heavy atom. The van der Waals surface area contributed by atoms with Gasteiger partial charge in [0.15, 0.2) is 17.1 Å². The zero-order valence-electron chi connectivity index (χ0n) is 25.5. The zero-order valence-corrected chi connectivity index (χ0v) is 25.5. The van der Waals surface area contributed by atoms with Crippen molar-refractivity contribution in [1.82, 2.24) is 4.90 Å². The van der Waals surface area contributed by atoms with Gasteiger partial charge in [-0.25, -0.2) is 4.79 Å². The van der Waals surface area contributed by atoms with Gasteiger partial charge in [-0.2, -0.15) is 0 Å². The second-order valence-electron chi connectivity index (χ2n) is 12.1. The van der Waals surface area contributed by atoms with Gasteiger partial charge in [0.2, 0.25) is 11.7 Å². The molecule has 3 unspecified atom stereocenters. The standard InChI is InChI=1S/C31H37N5O9/c1-35(2)19-12-18(34-30(43)33-14-6-8-15(45-5)9-7-14)24(37)21-16(19)10-13-11-17-23(36(3)4)26(39)22(29(32)42)28(41)31(17,44)27(40)20(13)25(21)38/h6-9,12-13,17,22-23,26,37-39,44H,10-11H2,1-5H3,(H2,32,42)(H2,33,34,43)/t13-,17-,22?,23?,26?,31-/m1/s1. The van der Waals surface area contributed by atoms with E-state index in [1.165, 1.54) is 18.1 Å². The van der Waals surface area contributed by atoms with Crippen LogP contribution in [0.4, 0.5) is 21.9 Å². The summed E-state index contributed by atoms with van der Waals surface area (Å²) in [7, 11) is 8.16. The molecule has 3 aliphatic rings. The number of nitrogens with two attached hydrogens (primary N) is 1. The number of anilines is 3. The molecule has 0 spiro atoms. The van der Waals surface area contributed by atoms with Crippen molar-refractivity contribution in [3.63, 3.8) is 0 Å². The van der Waals surface area contributed by atoms with Crippen LogP contribution < -0.4 is 26.0 Å². The van der Waals surface area contributed by atoms with Gasteiger partial charge >= 0.3 is 6.03 Å². The molecule has 0 radical (unpaired) electrons. The molecule has 8 N–H and O–H groups in total. The van der Waals surface area contributed by atoms with E-state index >= 15 is 0 Å². The number of ether oxygens (including phenoxy) is 1. The maximum Gasteiger partial charge on any atom is 0.323 e. The number of methoxy groups -OCH3 is 1. The van der Waals surface area contributed by atoms with E-state index < -0.39 is 70.5 Å². The van der Waals surface area contributed by atoms with Gasteiger partial charge in [0, 0.05) is 43.0 Å².